The SMILES string of the molecule is CCOC(=O)C1CCN(C(=O)C2(CC)COC2)CC1. The third-order valence-electron chi connectivity index (χ3n) is 4.29. The van der Waals surface area contributed by atoms with Gasteiger partial charge in [-0.05, 0) is 26.2 Å². The maximum Gasteiger partial charge on any atom is 0.309 e. The van der Waals surface area contributed by atoms with Crippen molar-refractivity contribution in [2.75, 3.05) is 32.9 Å². The lowest BCUT2D eigenvalue weighted by atomic mass is 9.81. The molecule has 0 spiro atoms. The smallest absolute Gasteiger partial charge is 0.309 e. The molecule has 0 aromatic rings. The van der Waals surface area contributed by atoms with Gasteiger partial charge in [0.1, 0.15) is 0 Å². The number of rotatable bonds is 4. The molecule has 2 aliphatic rings. The van der Waals surface area contributed by atoms with Gasteiger partial charge < -0.3 is 14.4 Å². The Morgan fingerprint density at radius 1 is 1.26 bits per heavy atom. The number of carbonyl (C=O) groups is 2. The van der Waals surface area contributed by atoms with Gasteiger partial charge in [0.25, 0.3) is 0 Å². The molecule has 0 saturated carbocycles. The van der Waals surface area contributed by atoms with Crippen LogP contribution in [-0.4, -0.2) is 49.7 Å². The van der Waals surface area contributed by atoms with Crippen molar-refractivity contribution in [3.05, 3.63) is 0 Å². The maximum atomic E-state index is 12.5. The lowest BCUT2D eigenvalue weighted by molar-refractivity contribution is -0.175. The number of esters is 1. The summed E-state index contributed by atoms with van der Waals surface area (Å²) in [5.41, 5.74) is -0.295. The zero-order valence-corrected chi connectivity index (χ0v) is 11.8. The molecule has 2 aliphatic heterocycles. The van der Waals surface area contributed by atoms with Crippen molar-refractivity contribution in [2.45, 2.75) is 33.1 Å². The first-order valence-electron chi connectivity index (χ1n) is 7.16. The van der Waals surface area contributed by atoms with Crippen LogP contribution in [0.2, 0.25) is 0 Å². The molecule has 0 aliphatic carbocycles. The molecule has 1 amide bonds. The van der Waals surface area contributed by atoms with E-state index in [2.05, 4.69) is 0 Å². The van der Waals surface area contributed by atoms with Gasteiger partial charge in [0.05, 0.1) is 31.2 Å². The third-order valence-corrected chi connectivity index (χ3v) is 4.29. The topological polar surface area (TPSA) is 55.8 Å². The van der Waals surface area contributed by atoms with E-state index in [9.17, 15) is 9.59 Å². The monoisotopic (exact) mass is 269 g/mol. The molecule has 0 unspecified atom stereocenters. The lowest BCUT2D eigenvalue weighted by Crippen LogP contribution is -2.56. The molecule has 2 rings (SSSR count). The average Bonchev–Trinajstić information content (AvgIpc) is 2.38. The first-order chi connectivity index (χ1) is 9.13. The van der Waals surface area contributed by atoms with E-state index in [1.807, 2.05) is 18.7 Å². The maximum absolute atomic E-state index is 12.5. The normalized spacial score (nSPS) is 22.7. The molecule has 2 saturated heterocycles. The Kier molecular flexibility index (Phi) is 4.45. The van der Waals surface area contributed by atoms with Gasteiger partial charge in [-0.25, -0.2) is 0 Å². The standard InChI is InChI=1S/C14H23NO4/c1-3-14(9-18-10-14)13(17)15-7-5-11(6-8-15)12(16)19-4-2/h11H,3-10H2,1-2H3. The van der Waals surface area contributed by atoms with Crippen molar-refractivity contribution in [3.63, 3.8) is 0 Å². The number of nitrogens with zero attached hydrogens (tertiary/aromatic N) is 1. The van der Waals surface area contributed by atoms with Gasteiger partial charge in [-0.15, -0.1) is 0 Å². The quantitative estimate of drug-likeness (QED) is 0.720. The highest BCUT2D eigenvalue weighted by molar-refractivity contribution is 5.84. The molecule has 0 bridgehead atoms. The molecule has 2 fully saturated rings. The van der Waals surface area contributed by atoms with E-state index in [0.717, 1.165) is 6.42 Å². The fourth-order valence-electron chi connectivity index (χ4n) is 2.74. The molecule has 5 heteroatoms. The summed E-state index contributed by atoms with van der Waals surface area (Å²) < 4.78 is 10.2. The highest BCUT2D eigenvalue weighted by atomic mass is 16.5. The van der Waals surface area contributed by atoms with Gasteiger partial charge in [-0.2, -0.15) is 0 Å². The fourth-order valence-corrected chi connectivity index (χ4v) is 2.74. The van der Waals surface area contributed by atoms with Crippen LogP contribution >= 0.6 is 0 Å². The summed E-state index contributed by atoms with van der Waals surface area (Å²) in [6.45, 7) is 6.67. The van der Waals surface area contributed by atoms with Crippen LogP contribution in [0, 0.1) is 11.3 Å². The number of piperidine rings is 1. The molecular weight excluding hydrogens is 246 g/mol. The second kappa shape index (κ2) is 5.90. The first kappa shape index (κ1) is 14.3. The fraction of sp³-hybridized carbons (Fsp3) is 0.857. The van der Waals surface area contributed by atoms with Crippen molar-refractivity contribution >= 4 is 11.9 Å². The molecule has 0 aromatic heterocycles. The zero-order chi connectivity index (χ0) is 13.9. The molecule has 19 heavy (non-hydrogen) atoms. The van der Waals surface area contributed by atoms with Crippen LogP contribution in [-0.2, 0) is 19.1 Å². The Hall–Kier alpha value is -1.10. The summed E-state index contributed by atoms with van der Waals surface area (Å²) in [6.07, 6.45) is 2.25. The molecule has 5 nitrogen and oxygen atoms in total. The molecule has 0 aromatic carbocycles. The Labute approximate surface area is 114 Å². The van der Waals surface area contributed by atoms with Gasteiger partial charge >= 0.3 is 5.97 Å². The Morgan fingerprint density at radius 2 is 1.89 bits per heavy atom. The highest BCUT2D eigenvalue weighted by Crippen LogP contribution is 2.34. The van der Waals surface area contributed by atoms with Crippen molar-refractivity contribution in [2.24, 2.45) is 11.3 Å². The van der Waals surface area contributed by atoms with E-state index in [0.29, 0.717) is 45.8 Å². The molecule has 0 N–H and O–H groups in total. The second-order valence-electron chi connectivity index (χ2n) is 5.45. The number of ether oxygens (including phenoxy) is 2. The molecule has 108 valence electrons. The van der Waals surface area contributed by atoms with Crippen LogP contribution in [0.1, 0.15) is 33.1 Å². The van der Waals surface area contributed by atoms with Gasteiger partial charge in [-0.3, -0.25) is 9.59 Å². The zero-order valence-electron chi connectivity index (χ0n) is 11.8. The summed E-state index contributed by atoms with van der Waals surface area (Å²) in [6, 6.07) is 0. The molecule has 0 radical (unpaired) electrons. The van der Waals surface area contributed by atoms with Crippen LogP contribution < -0.4 is 0 Å². The minimum absolute atomic E-state index is 0.0424. The van der Waals surface area contributed by atoms with Gasteiger partial charge in [0.2, 0.25) is 5.91 Å². The van der Waals surface area contributed by atoms with Gasteiger partial charge in [0, 0.05) is 13.1 Å². The van der Waals surface area contributed by atoms with E-state index in [-0.39, 0.29) is 23.2 Å². The number of amides is 1. The summed E-state index contributed by atoms with van der Waals surface area (Å²) >= 11 is 0. The van der Waals surface area contributed by atoms with E-state index >= 15 is 0 Å². The second-order valence-corrected chi connectivity index (χ2v) is 5.45. The number of hydrogen-bond acceptors (Lipinski definition) is 4. The van der Waals surface area contributed by atoms with Crippen molar-refractivity contribution in [1.82, 2.24) is 4.90 Å². The van der Waals surface area contributed by atoms with Crippen molar-refractivity contribution in [1.29, 1.82) is 0 Å². The highest BCUT2D eigenvalue weighted by Gasteiger charge is 2.47. The minimum atomic E-state index is -0.295. The Bertz CT molecular complexity index is 338. The van der Waals surface area contributed by atoms with E-state index < -0.39 is 0 Å². The summed E-state index contributed by atoms with van der Waals surface area (Å²) in [4.78, 5) is 26.0. The predicted molar refractivity (Wildman–Crippen MR) is 69.5 cm³/mol. The van der Waals surface area contributed by atoms with Gasteiger partial charge in [0.15, 0.2) is 0 Å². The predicted octanol–water partition coefficient (Wildman–Crippen LogP) is 1.21. The van der Waals surface area contributed by atoms with E-state index in [1.54, 1.807) is 0 Å². The summed E-state index contributed by atoms with van der Waals surface area (Å²) in [7, 11) is 0. The van der Waals surface area contributed by atoms with E-state index in [4.69, 9.17) is 9.47 Å². The van der Waals surface area contributed by atoms with Crippen LogP contribution in [0.15, 0.2) is 0 Å². The summed E-state index contributed by atoms with van der Waals surface area (Å²) in [5.74, 6) is 0.0366. The average molecular weight is 269 g/mol. The Morgan fingerprint density at radius 3 is 2.32 bits per heavy atom. The van der Waals surface area contributed by atoms with E-state index in [1.165, 1.54) is 0 Å². The van der Waals surface area contributed by atoms with Crippen LogP contribution in [0.25, 0.3) is 0 Å². The van der Waals surface area contributed by atoms with Crippen molar-refractivity contribution < 1.29 is 19.1 Å². The summed E-state index contributed by atoms with van der Waals surface area (Å²) in [5, 5.41) is 0. The number of carbonyl (C=O) groups excluding carboxylic acids is 2. The van der Waals surface area contributed by atoms with Crippen LogP contribution in [0.4, 0.5) is 0 Å². The number of hydrogen-bond donors (Lipinski definition) is 0. The van der Waals surface area contributed by atoms with Crippen LogP contribution in [0.3, 0.4) is 0 Å². The molecule has 0 atom stereocenters. The third kappa shape index (κ3) is 2.76. The lowest BCUT2D eigenvalue weighted by Gasteiger charge is -2.44. The molecule has 2 heterocycles. The Balaban J connectivity index is 1.86. The number of likely N-dealkylation sites (tertiary alicyclic amines) is 1. The first-order valence-corrected chi connectivity index (χ1v) is 7.16. The van der Waals surface area contributed by atoms with Crippen molar-refractivity contribution in [3.8, 4) is 0 Å². The molecular formula is C14H23NO4. The van der Waals surface area contributed by atoms with Gasteiger partial charge in [-0.1, -0.05) is 6.92 Å². The minimum Gasteiger partial charge on any atom is -0.466 e. The van der Waals surface area contributed by atoms with Crippen LogP contribution in [0.5, 0.6) is 0 Å². The largest absolute Gasteiger partial charge is 0.466 e.